The molecule has 146 valence electrons. The van der Waals surface area contributed by atoms with Crippen molar-refractivity contribution in [2.24, 2.45) is 0 Å². The summed E-state index contributed by atoms with van der Waals surface area (Å²) in [5, 5.41) is 2.94. The largest absolute Gasteiger partial charge is 0.497 e. The summed E-state index contributed by atoms with van der Waals surface area (Å²) in [5.41, 5.74) is 2.30. The van der Waals surface area contributed by atoms with Crippen molar-refractivity contribution in [1.82, 2.24) is 14.5 Å². The standard InChI is InChI=1S/C20H21IN4O3/c1-28-16-6-7-18-17(12-16)23-20(27)25(18)15-8-10-24(11-9-15)19(26)22-14-4-2-13(21)3-5-14/h2-7,12,15H,8-11H2,1H3,(H,22,26)(H,23,27). The number of nitrogens with zero attached hydrogens (tertiary/aromatic N) is 2. The molecule has 2 heterocycles. The Morgan fingerprint density at radius 3 is 2.57 bits per heavy atom. The molecule has 0 bridgehead atoms. The van der Waals surface area contributed by atoms with Gasteiger partial charge in [-0.05, 0) is 71.8 Å². The lowest BCUT2D eigenvalue weighted by Crippen LogP contribution is -2.42. The van der Waals surface area contributed by atoms with Crippen molar-refractivity contribution >= 4 is 45.3 Å². The van der Waals surface area contributed by atoms with Crippen LogP contribution in [0.15, 0.2) is 47.3 Å². The Hall–Kier alpha value is -2.49. The number of nitrogens with one attached hydrogen (secondary N) is 2. The van der Waals surface area contributed by atoms with E-state index < -0.39 is 0 Å². The van der Waals surface area contributed by atoms with Crippen molar-refractivity contribution < 1.29 is 9.53 Å². The molecule has 0 saturated carbocycles. The van der Waals surface area contributed by atoms with Gasteiger partial charge in [0.05, 0.1) is 18.1 Å². The second kappa shape index (κ2) is 7.86. The molecule has 7 nitrogen and oxygen atoms in total. The molecular weight excluding hydrogens is 471 g/mol. The van der Waals surface area contributed by atoms with Crippen molar-refractivity contribution in [3.05, 3.63) is 56.5 Å². The Bertz CT molecular complexity index is 1050. The van der Waals surface area contributed by atoms with Crippen LogP contribution in [0.1, 0.15) is 18.9 Å². The van der Waals surface area contributed by atoms with E-state index in [4.69, 9.17) is 4.74 Å². The Morgan fingerprint density at radius 2 is 1.89 bits per heavy atom. The molecule has 1 fully saturated rings. The predicted molar refractivity (Wildman–Crippen MR) is 117 cm³/mol. The average Bonchev–Trinajstić information content (AvgIpc) is 3.04. The van der Waals surface area contributed by atoms with Gasteiger partial charge >= 0.3 is 11.7 Å². The van der Waals surface area contributed by atoms with Gasteiger partial charge in [0.25, 0.3) is 0 Å². The summed E-state index contributed by atoms with van der Waals surface area (Å²) in [7, 11) is 1.60. The number of hydrogen-bond donors (Lipinski definition) is 2. The van der Waals surface area contributed by atoms with E-state index in [9.17, 15) is 9.59 Å². The molecule has 2 aromatic carbocycles. The minimum atomic E-state index is -0.120. The molecule has 0 aliphatic carbocycles. The van der Waals surface area contributed by atoms with Gasteiger partial charge in [0.1, 0.15) is 5.75 Å². The van der Waals surface area contributed by atoms with Gasteiger partial charge in [0.15, 0.2) is 0 Å². The number of urea groups is 1. The fraction of sp³-hybridized carbons (Fsp3) is 0.300. The van der Waals surface area contributed by atoms with E-state index >= 15 is 0 Å². The number of rotatable bonds is 3. The zero-order chi connectivity index (χ0) is 19.7. The summed E-state index contributed by atoms with van der Waals surface area (Å²) < 4.78 is 8.16. The first-order chi connectivity index (χ1) is 13.5. The van der Waals surface area contributed by atoms with Gasteiger partial charge in [0.2, 0.25) is 0 Å². The van der Waals surface area contributed by atoms with Crippen molar-refractivity contribution in [3.63, 3.8) is 0 Å². The summed E-state index contributed by atoms with van der Waals surface area (Å²) in [6.07, 6.45) is 1.47. The number of H-pyrrole nitrogens is 1. The van der Waals surface area contributed by atoms with Gasteiger partial charge in [-0.25, -0.2) is 9.59 Å². The summed E-state index contributed by atoms with van der Waals surface area (Å²) in [5.74, 6) is 0.711. The lowest BCUT2D eigenvalue weighted by molar-refractivity contribution is 0.184. The maximum atomic E-state index is 12.5. The fourth-order valence-electron chi connectivity index (χ4n) is 3.66. The molecule has 28 heavy (non-hydrogen) atoms. The SMILES string of the molecule is COc1ccc2c(c1)[nH]c(=O)n2C1CCN(C(=O)Nc2ccc(I)cc2)CC1. The highest BCUT2D eigenvalue weighted by Crippen LogP contribution is 2.27. The monoisotopic (exact) mass is 492 g/mol. The number of imidazole rings is 1. The Kier molecular flexibility index (Phi) is 5.29. The van der Waals surface area contributed by atoms with Crippen molar-refractivity contribution in [3.8, 4) is 5.75 Å². The van der Waals surface area contributed by atoms with Crippen LogP contribution in [0.2, 0.25) is 0 Å². The molecule has 2 amide bonds. The molecule has 1 saturated heterocycles. The first kappa shape index (κ1) is 18.9. The normalized spacial score (nSPS) is 15.0. The molecule has 1 aromatic heterocycles. The minimum absolute atomic E-state index is 0.0667. The number of carbonyl (C=O) groups excluding carboxylic acids is 1. The Balaban J connectivity index is 1.45. The maximum Gasteiger partial charge on any atom is 0.326 e. The van der Waals surface area contributed by atoms with E-state index in [1.54, 1.807) is 12.0 Å². The van der Waals surface area contributed by atoms with E-state index in [2.05, 4.69) is 32.9 Å². The predicted octanol–water partition coefficient (Wildman–Crippen LogP) is 3.81. The molecular formula is C20H21IN4O3. The second-order valence-corrected chi connectivity index (χ2v) is 8.08. The van der Waals surface area contributed by atoms with Crippen LogP contribution in [0, 0.1) is 3.57 Å². The van der Waals surface area contributed by atoms with E-state index in [1.807, 2.05) is 47.0 Å². The number of fused-ring (bicyclic) bond motifs is 1. The number of carbonyl (C=O) groups is 1. The highest BCUT2D eigenvalue weighted by atomic mass is 127. The van der Waals surface area contributed by atoms with Crippen LogP contribution < -0.4 is 15.7 Å². The molecule has 1 aliphatic rings. The van der Waals surface area contributed by atoms with Gasteiger partial charge in [-0.15, -0.1) is 0 Å². The molecule has 8 heteroatoms. The molecule has 1 aliphatic heterocycles. The van der Waals surface area contributed by atoms with Crippen molar-refractivity contribution in [2.45, 2.75) is 18.9 Å². The number of amides is 2. The third-order valence-electron chi connectivity index (χ3n) is 5.14. The number of piperidine rings is 1. The van der Waals surface area contributed by atoms with Gasteiger partial charge in [-0.2, -0.15) is 0 Å². The number of aromatic amines is 1. The maximum absolute atomic E-state index is 12.5. The highest BCUT2D eigenvalue weighted by molar-refractivity contribution is 14.1. The number of anilines is 1. The van der Waals surface area contributed by atoms with Gasteiger partial charge in [-0.3, -0.25) is 4.57 Å². The van der Waals surface area contributed by atoms with Crippen LogP contribution in [0.4, 0.5) is 10.5 Å². The van der Waals surface area contributed by atoms with E-state index in [0.29, 0.717) is 18.8 Å². The van der Waals surface area contributed by atoms with Crippen molar-refractivity contribution in [2.75, 3.05) is 25.5 Å². The molecule has 4 rings (SSSR count). The van der Waals surface area contributed by atoms with Crippen LogP contribution in [-0.4, -0.2) is 40.7 Å². The van der Waals surface area contributed by atoms with E-state index in [0.717, 1.165) is 33.1 Å². The molecule has 0 unspecified atom stereocenters. The zero-order valence-corrected chi connectivity index (χ0v) is 17.6. The number of hydrogen-bond acceptors (Lipinski definition) is 3. The number of benzene rings is 2. The number of halogens is 1. The smallest absolute Gasteiger partial charge is 0.326 e. The summed E-state index contributed by atoms with van der Waals surface area (Å²) >= 11 is 2.23. The number of likely N-dealkylation sites (tertiary alicyclic amines) is 1. The van der Waals surface area contributed by atoms with Crippen LogP contribution >= 0.6 is 22.6 Å². The van der Waals surface area contributed by atoms with Crippen LogP contribution in [0.3, 0.4) is 0 Å². The molecule has 0 spiro atoms. The first-order valence-electron chi connectivity index (χ1n) is 9.15. The Labute approximate surface area is 175 Å². The number of aromatic nitrogens is 2. The summed E-state index contributed by atoms with van der Waals surface area (Å²) in [6, 6.07) is 13.3. The zero-order valence-electron chi connectivity index (χ0n) is 15.4. The molecule has 2 N–H and O–H groups in total. The Morgan fingerprint density at radius 1 is 1.18 bits per heavy atom. The topological polar surface area (TPSA) is 79.4 Å². The minimum Gasteiger partial charge on any atom is -0.497 e. The number of ether oxygens (including phenoxy) is 1. The quantitative estimate of drug-likeness (QED) is 0.546. The fourth-order valence-corrected chi connectivity index (χ4v) is 4.02. The average molecular weight is 492 g/mol. The second-order valence-electron chi connectivity index (χ2n) is 6.84. The van der Waals surface area contributed by atoms with Gasteiger partial charge in [-0.1, -0.05) is 0 Å². The summed E-state index contributed by atoms with van der Waals surface area (Å²) in [6.45, 7) is 1.21. The van der Waals surface area contributed by atoms with E-state index in [1.165, 1.54) is 0 Å². The molecule has 0 radical (unpaired) electrons. The van der Waals surface area contributed by atoms with Crippen LogP contribution in [0.5, 0.6) is 5.75 Å². The first-order valence-corrected chi connectivity index (χ1v) is 10.2. The third kappa shape index (κ3) is 3.73. The van der Waals surface area contributed by atoms with Crippen LogP contribution in [-0.2, 0) is 0 Å². The van der Waals surface area contributed by atoms with Crippen LogP contribution in [0.25, 0.3) is 11.0 Å². The van der Waals surface area contributed by atoms with Gasteiger partial charge in [0, 0.05) is 34.5 Å². The molecule has 3 aromatic rings. The highest BCUT2D eigenvalue weighted by Gasteiger charge is 2.26. The third-order valence-corrected chi connectivity index (χ3v) is 5.86. The van der Waals surface area contributed by atoms with Gasteiger partial charge < -0.3 is 19.9 Å². The molecule has 0 atom stereocenters. The lowest BCUT2D eigenvalue weighted by Gasteiger charge is -2.32. The lowest BCUT2D eigenvalue weighted by atomic mass is 10.0. The van der Waals surface area contributed by atoms with E-state index in [-0.39, 0.29) is 17.8 Å². The number of methoxy groups -OCH3 is 1. The van der Waals surface area contributed by atoms with Crippen molar-refractivity contribution in [1.29, 1.82) is 0 Å². The summed E-state index contributed by atoms with van der Waals surface area (Å²) in [4.78, 5) is 29.7.